The lowest BCUT2D eigenvalue weighted by molar-refractivity contribution is -0.197. The standard InChI is InChI=1S/C22H33F2N2O11P/c1-13-9-26(19(30)25-16(13)27)15-8-14(23)22(24,37-15)10-34-38(31,35-11-32-17(28)20(2,3)4)36-12-33-18(29)21(5,6)7/h9,14-15H,8,10-12H2,1-7H3,(H,25,27,30)/t14-,15+,22+/m0/s1. The normalized spacial score (nSPS) is 22.3. The summed E-state index contributed by atoms with van der Waals surface area (Å²) in [5.74, 6) is -4.70. The molecule has 0 radical (unpaired) electrons. The van der Waals surface area contributed by atoms with Crippen molar-refractivity contribution in [2.45, 2.75) is 73.1 Å². The fourth-order valence-corrected chi connectivity index (χ4v) is 3.72. The monoisotopic (exact) mass is 570 g/mol. The number of hydrogen-bond acceptors (Lipinski definition) is 11. The number of ether oxygens (including phenoxy) is 3. The summed E-state index contributed by atoms with van der Waals surface area (Å²) in [5.41, 5.74) is -3.41. The van der Waals surface area contributed by atoms with E-state index in [1.807, 2.05) is 4.98 Å². The minimum Gasteiger partial charge on any atom is -0.437 e. The molecule has 2 rings (SSSR count). The van der Waals surface area contributed by atoms with Crippen LogP contribution < -0.4 is 11.2 Å². The fourth-order valence-electron chi connectivity index (χ4n) is 2.80. The third-order valence-electron chi connectivity index (χ3n) is 5.11. The number of carbonyl (C=O) groups is 2. The van der Waals surface area contributed by atoms with Crippen molar-refractivity contribution in [3.05, 3.63) is 32.6 Å². The molecule has 1 fully saturated rings. The number of alkyl halides is 2. The number of aryl methyl sites for hydroxylation is 1. The number of halogens is 2. The number of phosphoric acid groups is 1. The van der Waals surface area contributed by atoms with Gasteiger partial charge in [-0.2, -0.15) is 0 Å². The Balaban J connectivity index is 2.14. The predicted molar refractivity (Wildman–Crippen MR) is 126 cm³/mol. The molecule has 0 saturated carbocycles. The molecule has 13 nitrogen and oxygen atoms in total. The number of aromatic amines is 1. The molecule has 1 aliphatic heterocycles. The maximum atomic E-state index is 15.4. The largest absolute Gasteiger partial charge is 0.480 e. The van der Waals surface area contributed by atoms with Crippen LogP contribution in [0.2, 0.25) is 0 Å². The maximum Gasteiger partial charge on any atom is 0.480 e. The number of rotatable bonds is 10. The highest BCUT2D eigenvalue weighted by Gasteiger charge is 2.53. The molecule has 0 amide bonds. The first-order valence-electron chi connectivity index (χ1n) is 11.5. The molecule has 1 aromatic heterocycles. The van der Waals surface area contributed by atoms with E-state index >= 15 is 4.39 Å². The number of nitrogens with zero attached hydrogens (tertiary/aromatic N) is 1. The minimum atomic E-state index is -4.83. The number of carbonyl (C=O) groups excluding carboxylic acids is 2. The van der Waals surface area contributed by atoms with Crippen LogP contribution in [0.15, 0.2) is 15.8 Å². The van der Waals surface area contributed by atoms with E-state index < -0.39 is 86.7 Å². The molecule has 0 bridgehead atoms. The summed E-state index contributed by atoms with van der Waals surface area (Å²) < 4.78 is 73.4. The molecule has 1 N–H and O–H groups in total. The van der Waals surface area contributed by atoms with E-state index in [0.29, 0.717) is 0 Å². The zero-order chi connectivity index (χ0) is 29.1. The van der Waals surface area contributed by atoms with Crippen molar-refractivity contribution in [1.29, 1.82) is 0 Å². The van der Waals surface area contributed by atoms with E-state index in [-0.39, 0.29) is 5.56 Å². The van der Waals surface area contributed by atoms with Crippen LogP contribution >= 0.6 is 7.82 Å². The summed E-state index contributed by atoms with van der Waals surface area (Å²) in [7, 11) is -4.83. The molecule has 1 aromatic rings. The van der Waals surface area contributed by atoms with Crippen molar-refractivity contribution in [3.8, 4) is 0 Å². The Morgan fingerprint density at radius 1 is 1.08 bits per heavy atom. The Hall–Kier alpha value is -2.45. The molecule has 0 unspecified atom stereocenters. The van der Waals surface area contributed by atoms with Crippen LogP contribution in [0.4, 0.5) is 8.78 Å². The van der Waals surface area contributed by atoms with Gasteiger partial charge in [-0.25, -0.2) is 27.2 Å². The third kappa shape index (κ3) is 8.27. The summed E-state index contributed by atoms with van der Waals surface area (Å²) >= 11 is 0. The molecule has 1 aliphatic rings. The summed E-state index contributed by atoms with van der Waals surface area (Å²) in [6.07, 6.45) is -3.40. The van der Waals surface area contributed by atoms with Crippen molar-refractivity contribution in [2.24, 2.45) is 10.8 Å². The Kier molecular flexibility index (Phi) is 9.82. The number of phosphoric ester groups is 1. The molecule has 216 valence electrons. The van der Waals surface area contributed by atoms with Crippen LogP contribution in [-0.2, 0) is 41.9 Å². The second kappa shape index (κ2) is 11.7. The molecule has 0 aromatic carbocycles. The van der Waals surface area contributed by atoms with E-state index in [2.05, 4.69) is 0 Å². The molecule has 0 aliphatic carbocycles. The quantitative estimate of drug-likeness (QED) is 0.250. The van der Waals surface area contributed by atoms with E-state index in [0.717, 1.165) is 10.8 Å². The summed E-state index contributed by atoms with van der Waals surface area (Å²) in [5, 5.41) is 0. The third-order valence-corrected chi connectivity index (χ3v) is 6.40. The lowest BCUT2D eigenvalue weighted by Gasteiger charge is -2.25. The molecular formula is C22H33F2N2O11P. The van der Waals surface area contributed by atoms with Crippen molar-refractivity contribution in [1.82, 2.24) is 9.55 Å². The number of aromatic nitrogens is 2. The summed E-state index contributed by atoms with van der Waals surface area (Å²) in [6.45, 7) is 7.41. The minimum absolute atomic E-state index is 0.0946. The van der Waals surface area contributed by atoms with Gasteiger partial charge in [-0.3, -0.25) is 28.5 Å². The molecule has 38 heavy (non-hydrogen) atoms. The smallest absolute Gasteiger partial charge is 0.437 e. The first-order chi connectivity index (χ1) is 17.3. The van der Waals surface area contributed by atoms with Crippen LogP contribution in [0, 0.1) is 17.8 Å². The average Bonchev–Trinajstić information content (AvgIpc) is 3.08. The van der Waals surface area contributed by atoms with E-state index in [1.54, 1.807) is 41.5 Å². The van der Waals surface area contributed by atoms with Crippen molar-refractivity contribution >= 4 is 19.8 Å². The Bertz CT molecular complexity index is 1150. The van der Waals surface area contributed by atoms with Crippen molar-refractivity contribution < 1.29 is 50.7 Å². The van der Waals surface area contributed by atoms with E-state index in [1.165, 1.54) is 6.92 Å². The molecule has 16 heteroatoms. The highest BCUT2D eigenvalue weighted by molar-refractivity contribution is 7.48. The van der Waals surface area contributed by atoms with Crippen LogP contribution in [0.25, 0.3) is 0 Å². The molecular weight excluding hydrogens is 537 g/mol. The van der Waals surface area contributed by atoms with Gasteiger partial charge in [0.15, 0.2) is 6.17 Å². The highest BCUT2D eigenvalue weighted by Crippen LogP contribution is 2.52. The van der Waals surface area contributed by atoms with Crippen molar-refractivity contribution in [3.63, 3.8) is 0 Å². The SMILES string of the molecule is Cc1cn([C@H]2C[C@H](F)[C@@](F)(COP(=O)(OCOC(=O)C(C)(C)C)OCOC(=O)C(C)(C)C)O2)c(=O)[nH]c1=O. The predicted octanol–water partition coefficient (Wildman–Crippen LogP) is 3.02. The second-order valence-corrected chi connectivity index (χ2v) is 12.3. The zero-order valence-electron chi connectivity index (χ0n) is 22.2. The fraction of sp³-hybridized carbons (Fsp3) is 0.727. The number of nitrogens with one attached hydrogen (secondary N) is 1. The summed E-state index contributed by atoms with van der Waals surface area (Å²) in [4.78, 5) is 49.6. The van der Waals surface area contributed by atoms with Crippen LogP contribution in [-0.4, -0.2) is 53.7 Å². The van der Waals surface area contributed by atoms with Gasteiger partial charge in [0.25, 0.3) is 11.4 Å². The number of hydrogen-bond donors (Lipinski definition) is 1. The van der Waals surface area contributed by atoms with Gasteiger partial charge in [0, 0.05) is 18.2 Å². The first-order valence-corrected chi connectivity index (χ1v) is 12.9. The lowest BCUT2D eigenvalue weighted by Crippen LogP contribution is -2.38. The summed E-state index contributed by atoms with van der Waals surface area (Å²) in [6, 6.07) is 0. The van der Waals surface area contributed by atoms with Gasteiger partial charge in [-0.1, -0.05) is 0 Å². The maximum absolute atomic E-state index is 15.4. The second-order valence-electron chi connectivity index (χ2n) is 10.6. The molecule has 3 atom stereocenters. The van der Waals surface area contributed by atoms with Gasteiger partial charge in [0.05, 0.1) is 10.8 Å². The van der Waals surface area contributed by atoms with Crippen molar-refractivity contribution in [2.75, 3.05) is 20.2 Å². The van der Waals surface area contributed by atoms with Gasteiger partial charge in [-0.05, 0) is 48.5 Å². The first kappa shape index (κ1) is 31.8. The number of esters is 2. The molecule has 2 heterocycles. The average molecular weight is 570 g/mol. The van der Waals surface area contributed by atoms with Gasteiger partial charge in [0.1, 0.15) is 12.8 Å². The topological polar surface area (TPSA) is 161 Å². The number of H-pyrrole nitrogens is 1. The Morgan fingerprint density at radius 2 is 1.58 bits per heavy atom. The van der Waals surface area contributed by atoms with E-state index in [4.69, 9.17) is 27.8 Å². The van der Waals surface area contributed by atoms with Gasteiger partial charge in [0.2, 0.25) is 13.6 Å². The van der Waals surface area contributed by atoms with Crippen LogP contribution in [0.5, 0.6) is 0 Å². The zero-order valence-corrected chi connectivity index (χ0v) is 23.1. The molecule has 0 spiro atoms. The van der Waals surface area contributed by atoms with Crippen LogP contribution in [0.3, 0.4) is 0 Å². The Morgan fingerprint density at radius 3 is 2.05 bits per heavy atom. The van der Waals surface area contributed by atoms with Crippen LogP contribution in [0.1, 0.15) is 59.8 Å². The lowest BCUT2D eigenvalue weighted by atomic mass is 9.98. The van der Waals surface area contributed by atoms with Gasteiger partial charge in [-0.15, -0.1) is 0 Å². The van der Waals surface area contributed by atoms with Gasteiger partial charge >= 0.3 is 25.5 Å². The Labute approximate surface area is 217 Å². The highest BCUT2D eigenvalue weighted by atomic mass is 31.2. The van der Waals surface area contributed by atoms with E-state index in [9.17, 15) is 28.1 Å². The molecule has 1 saturated heterocycles. The van der Waals surface area contributed by atoms with Gasteiger partial charge < -0.3 is 14.2 Å².